The normalized spacial score (nSPS) is 16.2. The second-order valence-corrected chi connectivity index (χ2v) is 6.79. The van der Waals surface area contributed by atoms with Crippen molar-refractivity contribution in [3.63, 3.8) is 0 Å². The second-order valence-electron chi connectivity index (χ2n) is 6.07. The van der Waals surface area contributed by atoms with E-state index >= 15 is 0 Å². The lowest BCUT2D eigenvalue weighted by Crippen LogP contribution is -2.35. The quantitative estimate of drug-likeness (QED) is 0.753. The van der Waals surface area contributed by atoms with Crippen LogP contribution in [0.5, 0.6) is 0 Å². The Labute approximate surface area is 144 Å². The lowest BCUT2D eigenvalue weighted by atomic mass is 10.1. The molecule has 24 heavy (non-hydrogen) atoms. The number of fused-ring (bicyclic) bond motifs is 1. The Hall–Kier alpha value is -2.03. The van der Waals surface area contributed by atoms with Gasteiger partial charge in [0.1, 0.15) is 6.10 Å². The molecule has 7 nitrogen and oxygen atoms in total. The highest BCUT2D eigenvalue weighted by Crippen LogP contribution is 2.23. The maximum absolute atomic E-state index is 10.5. The second kappa shape index (κ2) is 6.46. The maximum atomic E-state index is 10.5. The van der Waals surface area contributed by atoms with Gasteiger partial charge in [-0.05, 0) is 12.1 Å². The first-order valence-electron chi connectivity index (χ1n) is 8.03. The van der Waals surface area contributed by atoms with Gasteiger partial charge in [0, 0.05) is 44.7 Å². The van der Waals surface area contributed by atoms with Crippen molar-refractivity contribution in [2.75, 3.05) is 13.1 Å². The summed E-state index contributed by atoms with van der Waals surface area (Å²) in [7, 11) is 1.83. The Morgan fingerprint density at radius 2 is 2.29 bits per heavy atom. The van der Waals surface area contributed by atoms with Gasteiger partial charge < -0.3 is 5.11 Å². The van der Waals surface area contributed by atoms with E-state index in [0.29, 0.717) is 5.69 Å². The van der Waals surface area contributed by atoms with Crippen molar-refractivity contribution >= 4 is 11.3 Å². The van der Waals surface area contributed by atoms with Crippen LogP contribution in [-0.2, 0) is 26.6 Å². The van der Waals surface area contributed by atoms with Gasteiger partial charge in [0.2, 0.25) is 0 Å². The third-order valence-corrected chi connectivity index (χ3v) is 5.12. The Bertz CT molecular complexity index is 809. The summed E-state index contributed by atoms with van der Waals surface area (Å²) in [5.41, 5.74) is 5.63. The van der Waals surface area contributed by atoms with Gasteiger partial charge in [-0.25, -0.2) is 4.98 Å². The summed E-state index contributed by atoms with van der Waals surface area (Å²) in [6, 6.07) is 3.83. The van der Waals surface area contributed by atoms with Crippen LogP contribution < -0.4 is 0 Å². The maximum Gasteiger partial charge on any atom is 0.139 e. The fraction of sp³-hybridized carbons (Fsp3) is 0.438. The molecular weight excluding hydrogens is 324 g/mol. The Morgan fingerprint density at radius 3 is 3.04 bits per heavy atom. The molecule has 0 radical (unpaired) electrons. The van der Waals surface area contributed by atoms with Gasteiger partial charge in [0.05, 0.1) is 34.8 Å². The average molecular weight is 344 g/mol. The summed E-state index contributed by atoms with van der Waals surface area (Å²) in [6.07, 6.45) is 1.93. The van der Waals surface area contributed by atoms with Crippen molar-refractivity contribution in [3.8, 4) is 0 Å². The molecule has 0 saturated carbocycles. The predicted octanol–water partition coefficient (Wildman–Crippen LogP) is 1.21. The van der Waals surface area contributed by atoms with Crippen LogP contribution in [0.4, 0.5) is 0 Å². The van der Waals surface area contributed by atoms with Gasteiger partial charge in [-0.1, -0.05) is 0 Å². The Kier molecular flexibility index (Phi) is 4.17. The fourth-order valence-electron chi connectivity index (χ4n) is 3.10. The van der Waals surface area contributed by atoms with E-state index in [-0.39, 0.29) is 0 Å². The van der Waals surface area contributed by atoms with Crippen molar-refractivity contribution in [2.24, 2.45) is 7.05 Å². The minimum Gasteiger partial charge on any atom is -0.380 e. The number of aromatic nitrogens is 5. The third-order valence-electron chi connectivity index (χ3n) is 4.48. The molecule has 0 aliphatic carbocycles. The first-order valence-corrected chi connectivity index (χ1v) is 8.97. The van der Waals surface area contributed by atoms with E-state index in [1.165, 1.54) is 0 Å². The van der Waals surface area contributed by atoms with Crippen molar-refractivity contribution in [2.45, 2.75) is 25.6 Å². The molecule has 0 spiro atoms. The molecule has 0 amide bonds. The van der Waals surface area contributed by atoms with Crippen molar-refractivity contribution < 1.29 is 5.11 Å². The van der Waals surface area contributed by atoms with Crippen LogP contribution >= 0.6 is 11.3 Å². The summed E-state index contributed by atoms with van der Waals surface area (Å²) in [5, 5.41) is 21.4. The zero-order chi connectivity index (χ0) is 16.5. The molecule has 8 heteroatoms. The molecule has 0 fully saturated rings. The van der Waals surface area contributed by atoms with Gasteiger partial charge in [-0.2, -0.15) is 10.2 Å². The highest BCUT2D eigenvalue weighted by atomic mass is 32.1. The first kappa shape index (κ1) is 15.5. The smallest absolute Gasteiger partial charge is 0.139 e. The molecule has 0 saturated heterocycles. The van der Waals surface area contributed by atoms with Crippen molar-refractivity contribution in [3.05, 3.63) is 52.0 Å². The van der Waals surface area contributed by atoms with Gasteiger partial charge in [0.25, 0.3) is 0 Å². The largest absolute Gasteiger partial charge is 0.380 e. The lowest BCUT2D eigenvalue weighted by Gasteiger charge is -2.27. The molecule has 4 rings (SSSR count). The van der Waals surface area contributed by atoms with Gasteiger partial charge >= 0.3 is 0 Å². The third kappa shape index (κ3) is 3.00. The number of hydrogen-bond donors (Lipinski definition) is 1. The van der Waals surface area contributed by atoms with Crippen LogP contribution in [0.25, 0.3) is 0 Å². The molecule has 4 heterocycles. The highest BCUT2D eigenvalue weighted by Gasteiger charge is 2.23. The number of aliphatic hydroxyl groups excluding tert-OH is 1. The SMILES string of the molecule is Cn1nccc1[C@@H](O)c1cc2n(n1)CCN(CCc1cscn1)C2. The number of aliphatic hydroxyl groups is 1. The average Bonchev–Trinajstić information content (AvgIpc) is 3.32. The fourth-order valence-corrected chi connectivity index (χ4v) is 3.70. The molecule has 3 aromatic heterocycles. The molecule has 0 bridgehead atoms. The van der Waals surface area contributed by atoms with Crippen LogP contribution in [0.2, 0.25) is 0 Å². The van der Waals surface area contributed by atoms with Crippen molar-refractivity contribution in [1.29, 1.82) is 0 Å². The van der Waals surface area contributed by atoms with Crippen molar-refractivity contribution in [1.82, 2.24) is 29.4 Å². The van der Waals surface area contributed by atoms with Gasteiger partial charge in [-0.15, -0.1) is 11.3 Å². The number of nitrogens with zero attached hydrogens (tertiary/aromatic N) is 6. The summed E-state index contributed by atoms with van der Waals surface area (Å²) >= 11 is 1.64. The number of aryl methyl sites for hydroxylation is 1. The molecule has 3 aromatic rings. The van der Waals surface area contributed by atoms with Crippen LogP contribution in [-0.4, -0.2) is 47.6 Å². The molecule has 1 N–H and O–H groups in total. The molecule has 1 aliphatic heterocycles. The Balaban J connectivity index is 1.45. The van der Waals surface area contributed by atoms with Crippen LogP contribution in [0.15, 0.2) is 29.2 Å². The molecule has 126 valence electrons. The van der Waals surface area contributed by atoms with E-state index in [1.807, 2.05) is 29.4 Å². The van der Waals surface area contributed by atoms with E-state index in [0.717, 1.165) is 49.7 Å². The summed E-state index contributed by atoms with van der Waals surface area (Å²) in [5.74, 6) is 0. The van der Waals surface area contributed by atoms with Crippen LogP contribution in [0, 0.1) is 0 Å². The van der Waals surface area contributed by atoms with Gasteiger partial charge in [-0.3, -0.25) is 14.3 Å². The minimum atomic E-state index is -0.737. The highest BCUT2D eigenvalue weighted by molar-refractivity contribution is 7.07. The van der Waals surface area contributed by atoms with E-state index in [1.54, 1.807) is 22.2 Å². The zero-order valence-electron chi connectivity index (χ0n) is 13.5. The predicted molar refractivity (Wildman–Crippen MR) is 90.6 cm³/mol. The molecule has 0 unspecified atom stereocenters. The number of thiazole rings is 1. The van der Waals surface area contributed by atoms with Gasteiger partial charge in [0.15, 0.2) is 0 Å². The monoisotopic (exact) mass is 344 g/mol. The minimum absolute atomic E-state index is 0.690. The van der Waals surface area contributed by atoms with Crippen LogP contribution in [0.3, 0.4) is 0 Å². The standard InChI is InChI=1S/C16H20N6OS/c1-20-15(2-4-18-20)16(23)14-8-13-9-21(6-7-22(13)19-14)5-3-12-10-24-11-17-12/h2,4,8,10-11,16,23H,3,5-7,9H2,1H3/t16-/m0/s1. The molecule has 0 aromatic carbocycles. The summed E-state index contributed by atoms with van der Waals surface area (Å²) < 4.78 is 3.69. The van der Waals surface area contributed by atoms with E-state index in [9.17, 15) is 5.11 Å². The van der Waals surface area contributed by atoms with E-state index in [2.05, 4.69) is 25.5 Å². The number of hydrogen-bond acceptors (Lipinski definition) is 6. The summed E-state index contributed by atoms with van der Waals surface area (Å²) in [4.78, 5) is 6.76. The molecular formula is C16H20N6OS. The van der Waals surface area contributed by atoms with E-state index < -0.39 is 6.10 Å². The lowest BCUT2D eigenvalue weighted by molar-refractivity contribution is 0.199. The molecule has 1 atom stereocenters. The number of rotatable bonds is 5. The van der Waals surface area contributed by atoms with E-state index in [4.69, 9.17) is 0 Å². The first-order chi connectivity index (χ1) is 11.7. The zero-order valence-corrected chi connectivity index (χ0v) is 14.4. The van der Waals surface area contributed by atoms with Crippen LogP contribution in [0.1, 0.15) is 28.9 Å². The Morgan fingerprint density at radius 1 is 1.38 bits per heavy atom. The topological polar surface area (TPSA) is 72.0 Å². The molecule has 1 aliphatic rings. The summed E-state index contributed by atoms with van der Waals surface area (Å²) in [6.45, 7) is 3.67.